The molecule has 2 rings (SSSR count). The maximum atomic E-state index is 13.9. The first kappa shape index (κ1) is 12.4. The van der Waals surface area contributed by atoms with Crippen LogP contribution in [0, 0.1) is 17.7 Å². The Balaban J connectivity index is 2.09. The van der Waals surface area contributed by atoms with Crippen molar-refractivity contribution in [3.8, 4) is 0 Å². The van der Waals surface area contributed by atoms with E-state index in [1.54, 1.807) is 6.07 Å². The molecule has 1 fully saturated rings. The topological polar surface area (TPSA) is 29.3 Å². The van der Waals surface area contributed by atoms with Crippen molar-refractivity contribution >= 4 is 5.69 Å². The molecule has 0 aliphatic heterocycles. The second-order valence-corrected chi connectivity index (χ2v) is 5.35. The third-order valence-corrected chi connectivity index (χ3v) is 3.69. The van der Waals surface area contributed by atoms with Crippen LogP contribution < -0.4 is 10.6 Å². The van der Waals surface area contributed by atoms with Gasteiger partial charge < -0.3 is 10.6 Å². The van der Waals surface area contributed by atoms with E-state index in [0.29, 0.717) is 5.69 Å². The third-order valence-electron chi connectivity index (χ3n) is 3.69. The van der Waals surface area contributed by atoms with Gasteiger partial charge in [-0.05, 0) is 42.9 Å². The molecule has 0 heterocycles. The first-order valence-corrected chi connectivity index (χ1v) is 6.25. The van der Waals surface area contributed by atoms with Crippen molar-refractivity contribution in [3.63, 3.8) is 0 Å². The van der Waals surface area contributed by atoms with E-state index < -0.39 is 0 Å². The quantitative estimate of drug-likeness (QED) is 0.871. The summed E-state index contributed by atoms with van der Waals surface area (Å²) < 4.78 is 13.9. The molecule has 17 heavy (non-hydrogen) atoms. The Morgan fingerprint density at radius 1 is 1.53 bits per heavy atom. The van der Waals surface area contributed by atoms with Gasteiger partial charge in [-0.25, -0.2) is 4.39 Å². The van der Waals surface area contributed by atoms with Crippen molar-refractivity contribution in [2.75, 3.05) is 18.5 Å². The van der Waals surface area contributed by atoms with E-state index in [-0.39, 0.29) is 11.9 Å². The summed E-state index contributed by atoms with van der Waals surface area (Å²) in [6.07, 6.45) is 1.27. The van der Waals surface area contributed by atoms with Gasteiger partial charge in [-0.15, -0.1) is 0 Å². The monoisotopic (exact) mass is 236 g/mol. The van der Waals surface area contributed by atoms with Crippen LogP contribution in [0.3, 0.4) is 0 Å². The maximum absolute atomic E-state index is 13.9. The highest BCUT2D eigenvalue weighted by Crippen LogP contribution is 2.39. The number of benzene rings is 1. The maximum Gasteiger partial charge on any atom is 0.146 e. The summed E-state index contributed by atoms with van der Waals surface area (Å²) in [5, 5.41) is 0. The summed E-state index contributed by atoms with van der Waals surface area (Å²) in [7, 11) is 1.95. The third kappa shape index (κ3) is 2.78. The molecule has 1 aliphatic rings. The number of nitrogens with two attached hydrogens (primary N) is 1. The molecule has 3 heteroatoms. The molecular formula is C14H21FN2. The Morgan fingerprint density at radius 2 is 2.18 bits per heavy atom. The van der Waals surface area contributed by atoms with Crippen LogP contribution in [0.4, 0.5) is 10.1 Å². The minimum Gasteiger partial charge on any atom is -0.372 e. The lowest BCUT2D eigenvalue weighted by Gasteiger charge is -2.20. The molecule has 3 atom stereocenters. The minimum absolute atomic E-state index is 0.118. The SMILES string of the molecule is CC1CC1CN(C)c1ccc([C@@H](C)N)cc1F. The predicted molar refractivity (Wildman–Crippen MR) is 69.5 cm³/mol. The lowest BCUT2D eigenvalue weighted by molar-refractivity contribution is 0.611. The first-order chi connectivity index (χ1) is 7.99. The Hall–Kier alpha value is -1.09. The summed E-state index contributed by atoms with van der Waals surface area (Å²) in [6, 6.07) is 5.18. The summed E-state index contributed by atoms with van der Waals surface area (Å²) >= 11 is 0. The largest absolute Gasteiger partial charge is 0.372 e. The molecule has 2 N–H and O–H groups in total. The summed E-state index contributed by atoms with van der Waals surface area (Å²) in [5.74, 6) is 1.35. The molecule has 1 aliphatic carbocycles. The molecule has 0 amide bonds. The second kappa shape index (κ2) is 4.65. The normalized spacial score (nSPS) is 24.5. The van der Waals surface area contributed by atoms with Crippen molar-refractivity contribution in [1.82, 2.24) is 0 Å². The molecule has 0 aromatic heterocycles. The zero-order valence-electron chi connectivity index (χ0n) is 10.8. The molecule has 94 valence electrons. The van der Waals surface area contributed by atoms with Gasteiger partial charge in [-0.2, -0.15) is 0 Å². The van der Waals surface area contributed by atoms with Gasteiger partial charge in [0.2, 0.25) is 0 Å². The average molecular weight is 236 g/mol. The Morgan fingerprint density at radius 3 is 2.65 bits per heavy atom. The fourth-order valence-corrected chi connectivity index (χ4v) is 2.22. The Bertz CT molecular complexity index is 403. The number of halogens is 1. The molecular weight excluding hydrogens is 215 g/mol. The van der Waals surface area contributed by atoms with Crippen LogP contribution in [-0.4, -0.2) is 13.6 Å². The highest BCUT2D eigenvalue weighted by molar-refractivity contribution is 5.49. The van der Waals surface area contributed by atoms with E-state index in [4.69, 9.17) is 5.73 Å². The van der Waals surface area contributed by atoms with Gasteiger partial charge in [-0.1, -0.05) is 13.0 Å². The van der Waals surface area contributed by atoms with Crippen molar-refractivity contribution < 1.29 is 4.39 Å². The highest BCUT2D eigenvalue weighted by Gasteiger charge is 2.33. The standard InChI is InChI=1S/C14H21FN2/c1-9-6-12(9)8-17(3)14-5-4-11(10(2)16)7-13(14)15/h4-5,7,9-10,12H,6,8,16H2,1-3H3/t9?,10-,12?/m1/s1. The lowest BCUT2D eigenvalue weighted by atomic mass is 10.1. The van der Waals surface area contributed by atoms with Gasteiger partial charge in [-0.3, -0.25) is 0 Å². The highest BCUT2D eigenvalue weighted by atomic mass is 19.1. The average Bonchev–Trinajstić information content (AvgIpc) is 2.93. The van der Waals surface area contributed by atoms with E-state index in [2.05, 4.69) is 6.92 Å². The minimum atomic E-state index is -0.171. The van der Waals surface area contributed by atoms with Crippen molar-refractivity contribution in [2.24, 2.45) is 17.6 Å². The number of nitrogens with zero attached hydrogens (tertiary/aromatic N) is 1. The van der Waals surface area contributed by atoms with Crippen LogP contribution in [-0.2, 0) is 0 Å². The number of anilines is 1. The Labute approximate surface area is 103 Å². The summed E-state index contributed by atoms with van der Waals surface area (Å²) in [4.78, 5) is 2.01. The van der Waals surface area contributed by atoms with Crippen LogP contribution in [0.15, 0.2) is 18.2 Å². The van der Waals surface area contributed by atoms with Crippen molar-refractivity contribution in [3.05, 3.63) is 29.6 Å². The van der Waals surface area contributed by atoms with Crippen LogP contribution in [0.5, 0.6) is 0 Å². The summed E-state index contributed by atoms with van der Waals surface area (Å²) in [5.41, 5.74) is 7.26. The molecule has 1 aromatic rings. The van der Waals surface area contributed by atoms with Crippen molar-refractivity contribution in [1.29, 1.82) is 0 Å². The van der Waals surface area contributed by atoms with E-state index in [9.17, 15) is 4.39 Å². The molecule has 0 spiro atoms. The van der Waals surface area contributed by atoms with E-state index in [1.165, 1.54) is 6.42 Å². The summed E-state index contributed by atoms with van der Waals surface area (Å²) in [6.45, 7) is 5.05. The number of hydrogen-bond acceptors (Lipinski definition) is 2. The van der Waals surface area contributed by atoms with Gasteiger partial charge in [0.1, 0.15) is 5.82 Å². The van der Waals surface area contributed by atoms with Crippen LogP contribution >= 0.6 is 0 Å². The van der Waals surface area contributed by atoms with E-state index >= 15 is 0 Å². The van der Waals surface area contributed by atoms with E-state index in [1.807, 2.05) is 31.0 Å². The van der Waals surface area contributed by atoms with Gasteiger partial charge in [0, 0.05) is 19.6 Å². The molecule has 0 radical (unpaired) electrons. The second-order valence-electron chi connectivity index (χ2n) is 5.35. The first-order valence-electron chi connectivity index (χ1n) is 6.25. The molecule has 2 nitrogen and oxygen atoms in total. The van der Waals surface area contributed by atoms with E-state index in [0.717, 1.165) is 23.9 Å². The smallest absolute Gasteiger partial charge is 0.146 e. The molecule has 0 saturated heterocycles. The molecule has 1 aromatic carbocycles. The molecule has 1 saturated carbocycles. The van der Waals surface area contributed by atoms with Crippen molar-refractivity contribution in [2.45, 2.75) is 26.3 Å². The molecule has 2 unspecified atom stereocenters. The van der Waals surface area contributed by atoms with Crippen LogP contribution in [0.2, 0.25) is 0 Å². The Kier molecular flexibility index (Phi) is 3.38. The zero-order valence-corrected chi connectivity index (χ0v) is 10.8. The zero-order chi connectivity index (χ0) is 12.6. The fourth-order valence-electron chi connectivity index (χ4n) is 2.22. The van der Waals surface area contributed by atoms with Gasteiger partial charge >= 0.3 is 0 Å². The van der Waals surface area contributed by atoms with Crippen LogP contribution in [0.1, 0.15) is 31.9 Å². The predicted octanol–water partition coefficient (Wildman–Crippen LogP) is 2.94. The molecule has 0 bridgehead atoms. The number of rotatable bonds is 4. The lowest BCUT2D eigenvalue weighted by Crippen LogP contribution is -2.21. The van der Waals surface area contributed by atoms with Gasteiger partial charge in [0.25, 0.3) is 0 Å². The van der Waals surface area contributed by atoms with Gasteiger partial charge in [0.05, 0.1) is 5.69 Å². The van der Waals surface area contributed by atoms with Crippen LogP contribution in [0.25, 0.3) is 0 Å². The van der Waals surface area contributed by atoms with Gasteiger partial charge in [0.15, 0.2) is 0 Å². The number of hydrogen-bond donors (Lipinski definition) is 1. The fraction of sp³-hybridized carbons (Fsp3) is 0.571.